The Labute approximate surface area is 128 Å². The van der Waals surface area contributed by atoms with Gasteiger partial charge in [0, 0.05) is 25.0 Å². The van der Waals surface area contributed by atoms with Crippen molar-refractivity contribution in [3.63, 3.8) is 0 Å². The zero-order chi connectivity index (χ0) is 14.8. The molecule has 2 saturated heterocycles. The van der Waals surface area contributed by atoms with E-state index in [-0.39, 0.29) is 12.0 Å². The van der Waals surface area contributed by atoms with Crippen molar-refractivity contribution in [2.45, 2.75) is 64.0 Å². The van der Waals surface area contributed by atoms with Gasteiger partial charge in [0.15, 0.2) is 0 Å². The lowest BCUT2D eigenvalue weighted by Crippen LogP contribution is -2.53. The fourth-order valence-electron chi connectivity index (χ4n) is 4.16. The molecular weight excluding hydrogens is 264 g/mol. The number of nitrogens with zero attached hydrogens (tertiary/aromatic N) is 2. The molecule has 1 amide bonds. The summed E-state index contributed by atoms with van der Waals surface area (Å²) >= 11 is 0. The molecule has 1 saturated carbocycles. The van der Waals surface area contributed by atoms with E-state index in [4.69, 9.17) is 0 Å². The lowest BCUT2D eigenvalue weighted by Gasteiger charge is -2.46. The zero-order valence-corrected chi connectivity index (χ0v) is 13.3. The van der Waals surface area contributed by atoms with E-state index in [0.717, 1.165) is 44.7 Å². The van der Waals surface area contributed by atoms with E-state index in [1.807, 2.05) is 4.90 Å². The van der Waals surface area contributed by atoms with Crippen LogP contribution in [-0.4, -0.2) is 59.1 Å². The Morgan fingerprint density at radius 2 is 1.67 bits per heavy atom. The molecule has 0 aromatic heterocycles. The van der Waals surface area contributed by atoms with E-state index in [0.29, 0.717) is 11.9 Å². The van der Waals surface area contributed by atoms with E-state index in [1.54, 1.807) is 0 Å². The standard InChI is InChI=1S/C17H30N2O2/c1-2-13-3-7-18(8-4-13)15-11-14(12-15)17(21)19-9-5-16(20)6-10-19/h13-16,20H,2-12H2,1H3. The molecule has 21 heavy (non-hydrogen) atoms. The molecule has 120 valence electrons. The van der Waals surface area contributed by atoms with E-state index in [9.17, 15) is 9.90 Å². The van der Waals surface area contributed by atoms with Crippen molar-refractivity contribution in [1.29, 1.82) is 0 Å². The number of aliphatic hydroxyl groups is 1. The molecule has 0 aromatic rings. The Bertz CT molecular complexity index is 352. The number of hydrogen-bond donors (Lipinski definition) is 1. The van der Waals surface area contributed by atoms with Crippen molar-refractivity contribution in [3.05, 3.63) is 0 Å². The first kappa shape index (κ1) is 15.3. The highest BCUT2D eigenvalue weighted by molar-refractivity contribution is 5.80. The minimum absolute atomic E-state index is 0.192. The van der Waals surface area contributed by atoms with Crippen LogP contribution in [0.2, 0.25) is 0 Å². The molecular formula is C17H30N2O2. The molecule has 0 bridgehead atoms. The second-order valence-corrected chi connectivity index (χ2v) is 7.27. The van der Waals surface area contributed by atoms with Crippen LogP contribution in [0.1, 0.15) is 51.9 Å². The van der Waals surface area contributed by atoms with Gasteiger partial charge in [0.25, 0.3) is 0 Å². The van der Waals surface area contributed by atoms with Crippen LogP contribution in [0.3, 0.4) is 0 Å². The number of hydrogen-bond acceptors (Lipinski definition) is 3. The number of carbonyl (C=O) groups is 1. The second-order valence-electron chi connectivity index (χ2n) is 7.27. The fourth-order valence-corrected chi connectivity index (χ4v) is 4.16. The quantitative estimate of drug-likeness (QED) is 0.864. The number of piperidine rings is 2. The first-order valence-corrected chi connectivity index (χ1v) is 8.88. The molecule has 3 fully saturated rings. The van der Waals surface area contributed by atoms with Crippen LogP contribution in [0, 0.1) is 11.8 Å². The summed E-state index contributed by atoms with van der Waals surface area (Å²) in [7, 11) is 0. The third kappa shape index (κ3) is 3.42. The average molecular weight is 294 g/mol. The van der Waals surface area contributed by atoms with Crippen molar-refractivity contribution < 1.29 is 9.90 Å². The van der Waals surface area contributed by atoms with Crippen molar-refractivity contribution in [2.75, 3.05) is 26.2 Å². The van der Waals surface area contributed by atoms with Gasteiger partial charge in [-0.3, -0.25) is 4.79 Å². The summed E-state index contributed by atoms with van der Waals surface area (Å²) in [4.78, 5) is 17.0. The molecule has 1 N–H and O–H groups in total. The summed E-state index contributed by atoms with van der Waals surface area (Å²) in [6, 6.07) is 0.659. The van der Waals surface area contributed by atoms with Crippen LogP contribution >= 0.6 is 0 Å². The third-order valence-corrected chi connectivity index (χ3v) is 5.98. The van der Waals surface area contributed by atoms with Gasteiger partial charge in [0.2, 0.25) is 5.91 Å². The Hall–Kier alpha value is -0.610. The van der Waals surface area contributed by atoms with Crippen LogP contribution in [0.25, 0.3) is 0 Å². The third-order valence-electron chi connectivity index (χ3n) is 5.98. The summed E-state index contributed by atoms with van der Waals surface area (Å²) in [6.07, 6.45) is 7.46. The van der Waals surface area contributed by atoms with Crippen LogP contribution in [0.5, 0.6) is 0 Å². The predicted molar refractivity (Wildman–Crippen MR) is 82.9 cm³/mol. The zero-order valence-electron chi connectivity index (χ0n) is 13.3. The monoisotopic (exact) mass is 294 g/mol. The highest BCUT2D eigenvalue weighted by Crippen LogP contribution is 2.36. The van der Waals surface area contributed by atoms with E-state index >= 15 is 0 Å². The van der Waals surface area contributed by atoms with Gasteiger partial charge in [-0.2, -0.15) is 0 Å². The summed E-state index contributed by atoms with van der Waals surface area (Å²) in [6.45, 7) is 6.28. The van der Waals surface area contributed by atoms with Crippen molar-refractivity contribution in [2.24, 2.45) is 11.8 Å². The number of carbonyl (C=O) groups excluding carboxylic acids is 1. The topological polar surface area (TPSA) is 43.8 Å². The Kier molecular flexibility index (Phi) is 4.85. The Balaban J connectivity index is 1.40. The lowest BCUT2D eigenvalue weighted by atomic mass is 9.77. The van der Waals surface area contributed by atoms with Gasteiger partial charge in [0.1, 0.15) is 0 Å². The molecule has 0 aromatic carbocycles. The highest BCUT2D eigenvalue weighted by Gasteiger charge is 2.40. The highest BCUT2D eigenvalue weighted by atomic mass is 16.3. The second kappa shape index (κ2) is 6.66. The van der Waals surface area contributed by atoms with Gasteiger partial charge in [0.05, 0.1) is 6.10 Å². The van der Waals surface area contributed by atoms with Crippen LogP contribution < -0.4 is 0 Å². The van der Waals surface area contributed by atoms with Crippen molar-refractivity contribution >= 4 is 5.91 Å². The molecule has 4 heteroatoms. The van der Waals surface area contributed by atoms with Gasteiger partial charge in [-0.1, -0.05) is 13.3 Å². The molecule has 2 aliphatic heterocycles. The molecule has 4 nitrogen and oxygen atoms in total. The maximum Gasteiger partial charge on any atom is 0.225 e. The molecule has 3 rings (SSSR count). The maximum atomic E-state index is 12.4. The van der Waals surface area contributed by atoms with E-state index in [2.05, 4.69) is 11.8 Å². The normalized spacial score (nSPS) is 33.0. The van der Waals surface area contributed by atoms with Crippen LogP contribution in [0.4, 0.5) is 0 Å². The molecule has 0 radical (unpaired) electrons. The molecule has 0 atom stereocenters. The molecule has 1 aliphatic carbocycles. The number of likely N-dealkylation sites (tertiary alicyclic amines) is 2. The summed E-state index contributed by atoms with van der Waals surface area (Å²) in [5, 5.41) is 9.53. The largest absolute Gasteiger partial charge is 0.393 e. The molecule has 0 unspecified atom stereocenters. The van der Waals surface area contributed by atoms with E-state index in [1.165, 1.54) is 32.4 Å². The number of amides is 1. The molecule has 2 heterocycles. The number of aliphatic hydroxyl groups excluding tert-OH is 1. The first-order valence-electron chi connectivity index (χ1n) is 8.88. The van der Waals surface area contributed by atoms with Crippen LogP contribution in [0.15, 0.2) is 0 Å². The minimum Gasteiger partial charge on any atom is -0.393 e. The summed E-state index contributed by atoms with van der Waals surface area (Å²) in [5.41, 5.74) is 0. The van der Waals surface area contributed by atoms with Gasteiger partial charge in [-0.05, 0) is 57.5 Å². The van der Waals surface area contributed by atoms with Gasteiger partial charge < -0.3 is 14.9 Å². The minimum atomic E-state index is -0.192. The van der Waals surface area contributed by atoms with Gasteiger partial charge in [-0.15, -0.1) is 0 Å². The van der Waals surface area contributed by atoms with Crippen LogP contribution in [-0.2, 0) is 4.79 Å². The summed E-state index contributed by atoms with van der Waals surface area (Å²) < 4.78 is 0. The smallest absolute Gasteiger partial charge is 0.225 e. The first-order chi connectivity index (χ1) is 10.2. The lowest BCUT2D eigenvalue weighted by molar-refractivity contribution is -0.143. The summed E-state index contributed by atoms with van der Waals surface area (Å²) in [5.74, 6) is 1.54. The Morgan fingerprint density at radius 1 is 1.05 bits per heavy atom. The van der Waals surface area contributed by atoms with Crippen molar-refractivity contribution in [3.8, 4) is 0 Å². The van der Waals surface area contributed by atoms with Gasteiger partial charge >= 0.3 is 0 Å². The average Bonchev–Trinajstić information content (AvgIpc) is 2.47. The Morgan fingerprint density at radius 3 is 2.24 bits per heavy atom. The predicted octanol–water partition coefficient (Wildman–Crippen LogP) is 1.87. The van der Waals surface area contributed by atoms with Crippen molar-refractivity contribution in [1.82, 2.24) is 9.80 Å². The maximum absolute atomic E-state index is 12.4. The SMILES string of the molecule is CCC1CCN(C2CC(C(=O)N3CCC(O)CC3)C2)CC1. The fraction of sp³-hybridized carbons (Fsp3) is 0.941. The molecule has 0 spiro atoms. The van der Waals surface area contributed by atoms with Gasteiger partial charge in [-0.25, -0.2) is 0 Å². The molecule has 3 aliphatic rings. The number of rotatable bonds is 3. The van der Waals surface area contributed by atoms with E-state index < -0.39 is 0 Å².